The van der Waals surface area contributed by atoms with Gasteiger partial charge in [0.2, 0.25) is 0 Å². The number of anilines is 2. The van der Waals surface area contributed by atoms with Gasteiger partial charge >= 0.3 is 0 Å². The van der Waals surface area contributed by atoms with Crippen LogP contribution in [0.25, 0.3) is 0 Å². The first kappa shape index (κ1) is 12.5. The van der Waals surface area contributed by atoms with Gasteiger partial charge in [0, 0.05) is 29.6 Å². The van der Waals surface area contributed by atoms with Crippen molar-refractivity contribution in [2.75, 3.05) is 18.4 Å². The largest absolute Gasteiger partial charge is 0.316 e. The molecule has 3 rings (SSSR count). The molecule has 1 aliphatic heterocycles. The summed E-state index contributed by atoms with van der Waals surface area (Å²) in [5, 5.41) is 9.52. The van der Waals surface area contributed by atoms with Crippen LogP contribution in [-0.4, -0.2) is 28.0 Å². The SMILES string of the molecule is Cc1cc(Nc2nc(C)cs2)nc([C@H]2CCNC2)n1. The molecule has 2 N–H and O–H groups in total. The van der Waals surface area contributed by atoms with Crippen LogP contribution in [0, 0.1) is 13.8 Å². The lowest BCUT2D eigenvalue weighted by Gasteiger charge is -2.10. The highest BCUT2D eigenvalue weighted by molar-refractivity contribution is 7.13. The zero-order valence-electron chi connectivity index (χ0n) is 11.1. The van der Waals surface area contributed by atoms with Crippen LogP contribution < -0.4 is 10.6 Å². The number of nitrogens with one attached hydrogen (secondary N) is 2. The van der Waals surface area contributed by atoms with E-state index in [1.807, 2.05) is 25.3 Å². The van der Waals surface area contributed by atoms with E-state index in [0.717, 1.165) is 47.7 Å². The van der Waals surface area contributed by atoms with Crippen LogP contribution in [0.2, 0.25) is 0 Å². The number of nitrogens with zero attached hydrogens (tertiary/aromatic N) is 3. The Balaban J connectivity index is 1.84. The Hall–Kier alpha value is -1.53. The number of rotatable bonds is 3. The Morgan fingerprint density at radius 2 is 2.16 bits per heavy atom. The molecule has 6 heteroatoms. The first-order chi connectivity index (χ1) is 9.20. The van der Waals surface area contributed by atoms with Crippen molar-refractivity contribution in [3.05, 3.63) is 28.7 Å². The molecule has 19 heavy (non-hydrogen) atoms. The highest BCUT2D eigenvalue weighted by Gasteiger charge is 2.20. The third-order valence-corrected chi connectivity index (χ3v) is 4.03. The second-order valence-corrected chi connectivity index (χ2v) is 5.72. The lowest BCUT2D eigenvalue weighted by atomic mass is 10.1. The monoisotopic (exact) mass is 275 g/mol. The van der Waals surface area contributed by atoms with Gasteiger partial charge in [0.15, 0.2) is 5.13 Å². The molecule has 1 atom stereocenters. The molecule has 1 saturated heterocycles. The van der Waals surface area contributed by atoms with Gasteiger partial charge in [0.1, 0.15) is 11.6 Å². The second-order valence-electron chi connectivity index (χ2n) is 4.86. The maximum absolute atomic E-state index is 4.62. The van der Waals surface area contributed by atoms with Gasteiger partial charge in [-0.3, -0.25) is 0 Å². The maximum atomic E-state index is 4.62. The van der Waals surface area contributed by atoms with Crippen molar-refractivity contribution in [2.45, 2.75) is 26.2 Å². The van der Waals surface area contributed by atoms with Crippen molar-refractivity contribution in [1.82, 2.24) is 20.3 Å². The summed E-state index contributed by atoms with van der Waals surface area (Å²) in [7, 11) is 0. The zero-order valence-corrected chi connectivity index (χ0v) is 11.9. The van der Waals surface area contributed by atoms with Crippen LogP contribution in [-0.2, 0) is 0 Å². The fraction of sp³-hybridized carbons (Fsp3) is 0.462. The van der Waals surface area contributed by atoms with Crippen LogP contribution in [0.1, 0.15) is 29.6 Å². The molecule has 2 aromatic rings. The molecule has 1 aliphatic rings. The van der Waals surface area contributed by atoms with Gasteiger partial charge in [-0.2, -0.15) is 0 Å². The Morgan fingerprint density at radius 3 is 2.84 bits per heavy atom. The summed E-state index contributed by atoms with van der Waals surface area (Å²) in [6.45, 7) is 6.02. The Bertz CT molecular complexity index is 574. The van der Waals surface area contributed by atoms with E-state index in [2.05, 4.69) is 25.6 Å². The standard InChI is InChI=1S/C13H17N5S/c1-8-5-11(18-13-16-9(2)7-19-13)17-12(15-8)10-3-4-14-6-10/h5,7,10,14H,3-4,6H2,1-2H3,(H,15,16,17,18)/t10-/m0/s1. The number of aromatic nitrogens is 3. The van der Waals surface area contributed by atoms with Crippen LogP contribution in [0.15, 0.2) is 11.4 Å². The average Bonchev–Trinajstić information content (AvgIpc) is 3.00. The van der Waals surface area contributed by atoms with Gasteiger partial charge in [0.05, 0.1) is 5.69 Å². The summed E-state index contributed by atoms with van der Waals surface area (Å²) in [5.41, 5.74) is 2.02. The van der Waals surface area contributed by atoms with E-state index in [9.17, 15) is 0 Å². The van der Waals surface area contributed by atoms with Crippen LogP contribution >= 0.6 is 11.3 Å². The molecule has 0 aromatic carbocycles. The molecule has 0 spiro atoms. The van der Waals surface area contributed by atoms with Crippen molar-refractivity contribution in [1.29, 1.82) is 0 Å². The summed E-state index contributed by atoms with van der Waals surface area (Å²) in [5.74, 6) is 2.20. The summed E-state index contributed by atoms with van der Waals surface area (Å²) in [6, 6.07) is 1.96. The molecule has 0 radical (unpaired) electrons. The van der Waals surface area contributed by atoms with E-state index in [0.29, 0.717) is 5.92 Å². The third kappa shape index (κ3) is 2.90. The number of hydrogen-bond donors (Lipinski definition) is 2. The minimum absolute atomic E-state index is 0.429. The van der Waals surface area contributed by atoms with E-state index in [-0.39, 0.29) is 0 Å². The molecule has 3 heterocycles. The molecule has 0 aliphatic carbocycles. The molecule has 0 saturated carbocycles. The highest BCUT2D eigenvalue weighted by atomic mass is 32.1. The molecular formula is C13H17N5S. The molecule has 5 nitrogen and oxygen atoms in total. The average molecular weight is 275 g/mol. The topological polar surface area (TPSA) is 62.7 Å². The summed E-state index contributed by atoms with van der Waals surface area (Å²) in [6.07, 6.45) is 1.11. The minimum atomic E-state index is 0.429. The zero-order chi connectivity index (χ0) is 13.2. The molecule has 2 aromatic heterocycles. The molecule has 0 amide bonds. The van der Waals surface area contributed by atoms with E-state index < -0.39 is 0 Å². The Morgan fingerprint density at radius 1 is 1.26 bits per heavy atom. The van der Waals surface area contributed by atoms with Crippen molar-refractivity contribution in [2.24, 2.45) is 0 Å². The van der Waals surface area contributed by atoms with E-state index in [4.69, 9.17) is 0 Å². The van der Waals surface area contributed by atoms with Gasteiger partial charge in [0.25, 0.3) is 0 Å². The van der Waals surface area contributed by atoms with Crippen molar-refractivity contribution >= 4 is 22.3 Å². The van der Waals surface area contributed by atoms with E-state index in [1.165, 1.54) is 0 Å². The Kier molecular flexibility index (Phi) is 3.44. The van der Waals surface area contributed by atoms with E-state index >= 15 is 0 Å². The van der Waals surface area contributed by atoms with Crippen LogP contribution in [0.4, 0.5) is 10.9 Å². The third-order valence-electron chi connectivity index (χ3n) is 3.15. The van der Waals surface area contributed by atoms with Gasteiger partial charge in [-0.15, -0.1) is 11.3 Å². The van der Waals surface area contributed by atoms with Crippen molar-refractivity contribution in [3.8, 4) is 0 Å². The summed E-state index contributed by atoms with van der Waals surface area (Å²) >= 11 is 1.59. The maximum Gasteiger partial charge on any atom is 0.188 e. The Labute approximate surface area is 116 Å². The highest BCUT2D eigenvalue weighted by Crippen LogP contribution is 2.23. The smallest absolute Gasteiger partial charge is 0.188 e. The van der Waals surface area contributed by atoms with Crippen LogP contribution in [0.5, 0.6) is 0 Å². The fourth-order valence-electron chi connectivity index (χ4n) is 2.23. The minimum Gasteiger partial charge on any atom is -0.316 e. The number of aryl methyl sites for hydroxylation is 2. The summed E-state index contributed by atoms with van der Waals surface area (Å²) < 4.78 is 0. The molecule has 0 unspecified atom stereocenters. The molecule has 0 bridgehead atoms. The predicted molar refractivity (Wildman–Crippen MR) is 77.1 cm³/mol. The second kappa shape index (κ2) is 5.22. The predicted octanol–water partition coefficient (Wildman–Crippen LogP) is 2.37. The molecular weight excluding hydrogens is 258 g/mol. The quantitative estimate of drug-likeness (QED) is 0.900. The lowest BCUT2D eigenvalue weighted by molar-refractivity contribution is 0.698. The van der Waals surface area contributed by atoms with Gasteiger partial charge in [-0.25, -0.2) is 15.0 Å². The van der Waals surface area contributed by atoms with Crippen LogP contribution in [0.3, 0.4) is 0 Å². The van der Waals surface area contributed by atoms with Gasteiger partial charge in [-0.05, 0) is 26.8 Å². The first-order valence-corrected chi connectivity index (χ1v) is 7.34. The summed E-state index contributed by atoms with van der Waals surface area (Å²) in [4.78, 5) is 13.6. The number of thiazole rings is 1. The van der Waals surface area contributed by atoms with Crippen molar-refractivity contribution < 1.29 is 0 Å². The van der Waals surface area contributed by atoms with Gasteiger partial charge < -0.3 is 10.6 Å². The molecule has 100 valence electrons. The normalized spacial score (nSPS) is 18.7. The molecule has 1 fully saturated rings. The van der Waals surface area contributed by atoms with E-state index in [1.54, 1.807) is 11.3 Å². The fourth-order valence-corrected chi connectivity index (χ4v) is 2.93. The lowest BCUT2D eigenvalue weighted by Crippen LogP contribution is -2.11. The number of hydrogen-bond acceptors (Lipinski definition) is 6. The van der Waals surface area contributed by atoms with Crippen molar-refractivity contribution in [3.63, 3.8) is 0 Å². The first-order valence-electron chi connectivity index (χ1n) is 6.46. The van der Waals surface area contributed by atoms with Gasteiger partial charge in [-0.1, -0.05) is 0 Å².